The molecule has 0 spiro atoms. The summed E-state index contributed by atoms with van der Waals surface area (Å²) in [5.74, 6) is 2.43. The van der Waals surface area contributed by atoms with Crippen LogP contribution in [0.1, 0.15) is 11.1 Å². The molecule has 3 aromatic rings. The number of hydrogen-bond acceptors (Lipinski definition) is 4. The Morgan fingerprint density at radius 1 is 1.15 bits per heavy atom. The van der Waals surface area contributed by atoms with Crippen LogP contribution < -0.4 is 15.4 Å². The summed E-state index contributed by atoms with van der Waals surface area (Å²) in [6.45, 7) is 3.92. The van der Waals surface area contributed by atoms with Crippen LogP contribution in [0.25, 0.3) is 5.82 Å². The van der Waals surface area contributed by atoms with Crippen LogP contribution in [0.5, 0.6) is 5.75 Å². The zero-order valence-corrected chi connectivity index (χ0v) is 15.6. The molecule has 0 unspecified atom stereocenters. The van der Waals surface area contributed by atoms with Gasteiger partial charge in [-0.05, 0) is 36.8 Å². The molecule has 2 heterocycles. The van der Waals surface area contributed by atoms with Crippen molar-refractivity contribution in [2.75, 3.05) is 20.2 Å². The number of nitrogens with one attached hydrogen (secondary N) is 2. The monoisotopic (exact) mass is 364 g/mol. The van der Waals surface area contributed by atoms with E-state index >= 15 is 0 Å². The summed E-state index contributed by atoms with van der Waals surface area (Å²) in [7, 11) is 1.75. The van der Waals surface area contributed by atoms with E-state index < -0.39 is 0 Å². The van der Waals surface area contributed by atoms with Gasteiger partial charge in [-0.25, -0.2) is 9.97 Å². The third kappa shape index (κ3) is 5.57. The molecule has 0 bridgehead atoms. The lowest BCUT2D eigenvalue weighted by Crippen LogP contribution is -2.38. The molecule has 2 N–H and O–H groups in total. The van der Waals surface area contributed by atoms with Crippen molar-refractivity contribution in [1.82, 2.24) is 25.2 Å². The standard InChI is InChI=1S/C20H24N6O/c1-16-3-5-18(6-4-16)27-12-10-24-20(21-2)25-14-17-7-8-23-19(13-17)26-11-9-22-15-26/h3-9,11,13,15H,10,12,14H2,1-2H3,(H2,21,24,25). The highest BCUT2D eigenvalue weighted by Crippen LogP contribution is 2.10. The van der Waals surface area contributed by atoms with E-state index in [4.69, 9.17) is 4.74 Å². The van der Waals surface area contributed by atoms with Gasteiger partial charge in [-0.1, -0.05) is 17.7 Å². The van der Waals surface area contributed by atoms with Gasteiger partial charge in [0, 0.05) is 32.2 Å². The molecule has 7 heteroatoms. The smallest absolute Gasteiger partial charge is 0.191 e. The molecule has 2 aromatic heterocycles. The number of nitrogens with zero attached hydrogens (tertiary/aromatic N) is 4. The summed E-state index contributed by atoms with van der Waals surface area (Å²) in [6.07, 6.45) is 7.12. The van der Waals surface area contributed by atoms with Gasteiger partial charge in [0.25, 0.3) is 0 Å². The first kappa shape index (κ1) is 18.4. The first-order valence-electron chi connectivity index (χ1n) is 8.82. The molecule has 0 aliphatic carbocycles. The van der Waals surface area contributed by atoms with E-state index in [1.165, 1.54) is 5.56 Å². The first-order valence-corrected chi connectivity index (χ1v) is 8.82. The Morgan fingerprint density at radius 2 is 2.00 bits per heavy atom. The fourth-order valence-electron chi connectivity index (χ4n) is 2.49. The van der Waals surface area contributed by atoms with Gasteiger partial charge in [0.15, 0.2) is 5.96 Å². The number of aryl methyl sites for hydroxylation is 1. The van der Waals surface area contributed by atoms with Gasteiger partial charge < -0.3 is 15.4 Å². The van der Waals surface area contributed by atoms with Gasteiger partial charge in [0.1, 0.15) is 24.5 Å². The Morgan fingerprint density at radius 3 is 2.74 bits per heavy atom. The highest BCUT2D eigenvalue weighted by Gasteiger charge is 2.02. The third-order valence-corrected chi connectivity index (χ3v) is 3.95. The van der Waals surface area contributed by atoms with Crippen LogP contribution in [-0.4, -0.2) is 40.7 Å². The highest BCUT2D eigenvalue weighted by molar-refractivity contribution is 5.79. The van der Waals surface area contributed by atoms with Crippen LogP contribution >= 0.6 is 0 Å². The number of pyridine rings is 1. The Bertz CT molecular complexity index is 858. The van der Waals surface area contributed by atoms with Crippen molar-refractivity contribution in [2.45, 2.75) is 13.5 Å². The molecule has 0 saturated heterocycles. The fraction of sp³-hybridized carbons (Fsp3) is 0.250. The maximum atomic E-state index is 5.71. The summed E-state index contributed by atoms with van der Waals surface area (Å²) >= 11 is 0. The third-order valence-electron chi connectivity index (χ3n) is 3.95. The predicted octanol–water partition coefficient (Wildman–Crippen LogP) is 2.32. The SMILES string of the molecule is CN=C(NCCOc1ccc(C)cc1)NCc1ccnc(-n2ccnc2)c1. The average Bonchev–Trinajstić information content (AvgIpc) is 3.24. The molecule has 0 saturated carbocycles. The molecule has 140 valence electrons. The number of ether oxygens (including phenoxy) is 1. The largest absolute Gasteiger partial charge is 0.492 e. The number of rotatable bonds is 7. The highest BCUT2D eigenvalue weighted by atomic mass is 16.5. The van der Waals surface area contributed by atoms with Gasteiger partial charge in [0.05, 0.1) is 6.54 Å². The topological polar surface area (TPSA) is 76.4 Å². The fourth-order valence-corrected chi connectivity index (χ4v) is 2.49. The molecule has 0 radical (unpaired) electrons. The Labute approximate surface area is 159 Å². The molecule has 3 rings (SSSR count). The van der Waals surface area contributed by atoms with Crippen molar-refractivity contribution in [1.29, 1.82) is 0 Å². The number of hydrogen-bond donors (Lipinski definition) is 2. The zero-order chi connectivity index (χ0) is 18.9. The first-order chi connectivity index (χ1) is 13.2. The average molecular weight is 364 g/mol. The Balaban J connectivity index is 1.44. The van der Waals surface area contributed by atoms with Crippen molar-refractivity contribution in [3.63, 3.8) is 0 Å². The molecular formula is C20H24N6O. The number of aromatic nitrogens is 3. The molecule has 0 amide bonds. The van der Waals surface area contributed by atoms with Crippen molar-refractivity contribution >= 4 is 5.96 Å². The quantitative estimate of drug-likeness (QED) is 0.382. The minimum atomic E-state index is 0.559. The normalized spacial score (nSPS) is 11.3. The lowest BCUT2D eigenvalue weighted by molar-refractivity contribution is 0.322. The molecule has 1 aromatic carbocycles. The lowest BCUT2D eigenvalue weighted by atomic mass is 10.2. The van der Waals surface area contributed by atoms with E-state index in [1.54, 1.807) is 25.8 Å². The number of benzene rings is 1. The number of guanidine groups is 1. The summed E-state index contributed by atoms with van der Waals surface area (Å²) < 4.78 is 7.59. The van der Waals surface area contributed by atoms with Crippen LogP contribution in [0.2, 0.25) is 0 Å². The minimum Gasteiger partial charge on any atom is -0.492 e. The summed E-state index contributed by atoms with van der Waals surface area (Å²) in [4.78, 5) is 12.6. The molecule has 0 aliphatic heterocycles. The van der Waals surface area contributed by atoms with Crippen molar-refractivity contribution in [3.8, 4) is 11.6 Å². The summed E-state index contributed by atoms with van der Waals surface area (Å²) in [5, 5.41) is 6.54. The Hall–Kier alpha value is -3.35. The van der Waals surface area contributed by atoms with Crippen LogP contribution in [0.3, 0.4) is 0 Å². The molecule has 0 aliphatic rings. The lowest BCUT2D eigenvalue weighted by Gasteiger charge is -2.13. The van der Waals surface area contributed by atoms with E-state index in [0.29, 0.717) is 19.7 Å². The van der Waals surface area contributed by atoms with Crippen molar-refractivity contribution in [2.24, 2.45) is 4.99 Å². The Kier molecular flexibility index (Phi) is 6.40. The number of imidazole rings is 1. The van der Waals surface area contributed by atoms with Gasteiger partial charge in [-0.15, -0.1) is 0 Å². The maximum Gasteiger partial charge on any atom is 0.191 e. The van der Waals surface area contributed by atoms with Gasteiger partial charge in [0.2, 0.25) is 0 Å². The molecular weight excluding hydrogens is 340 g/mol. The molecule has 27 heavy (non-hydrogen) atoms. The van der Waals surface area contributed by atoms with Crippen molar-refractivity contribution < 1.29 is 4.74 Å². The van der Waals surface area contributed by atoms with Gasteiger partial charge >= 0.3 is 0 Å². The van der Waals surface area contributed by atoms with Crippen LogP contribution in [0, 0.1) is 6.92 Å². The second kappa shape index (κ2) is 9.38. The second-order valence-electron chi connectivity index (χ2n) is 6.01. The van der Waals surface area contributed by atoms with E-state index in [-0.39, 0.29) is 0 Å². The van der Waals surface area contributed by atoms with E-state index in [2.05, 4.69) is 32.5 Å². The second-order valence-corrected chi connectivity index (χ2v) is 6.01. The van der Waals surface area contributed by atoms with Gasteiger partial charge in [-0.2, -0.15) is 0 Å². The minimum absolute atomic E-state index is 0.559. The van der Waals surface area contributed by atoms with Crippen LogP contribution in [0.15, 0.2) is 66.3 Å². The van der Waals surface area contributed by atoms with E-state index in [1.807, 2.05) is 47.2 Å². The maximum absolute atomic E-state index is 5.71. The van der Waals surface area contributed by atoms with Gasteiger partial charge in [-0.3, -0.25) is 9.56 Å². The molecule has 0 fully saturated rings. The molecule has 0 atom stereocenters. The van der Waals surface area contributed by atoms with Crippen molar-refractivity contribution in [3.05, 3.63) is 72.4 Å². The van der Waals surface area contributed by atoms with E-state index in [0.717, 1.165) is 23.1 Å². The molecule has 7 nitrogen and oxygen atoms in total. The van der Waals surface area contributed by atoms with Crippen LogP contribution in [-0.2, 0) is 6.54 Å². The predicted molar refractivity (Wildman–Crippen MR) is 106 cm³/mol. The zero-order valence-electron chi connectivity index (χ0n) is 15.6. The summed E-state index contributed by atoms with van der Waals surface area (Å²) in [5.41, 5.74) is 2.32. The summed E-state index contributed by atoms with van der Waals surface area (Å²) in [6, 6.07) is 12.0. The number of aliphatic imine (C=N–C) groups is 1. The van der Waals surface area contributed by atoms with E-state index in [9.17, 15) is 0 Å². The van der Waals surface area contributed by atoms with Crippen LogP contribution in [0.4, 0.5) is 0 Å².